The molecule has 1 heterocycles. The molecule has 1 aromatic carbocycles. The fourth-order valence-electron chi connectivity index (χ4n) is 5.08. The summed E-state index contributed by atoms with van der Waals surface area (Å²) in [5, 5.41) is 3.66. The first-order valence-corrected chi connectivity index (χ1v) is 8.26. The van der Waals surface area contributed by atoms with Gasteiger partial charge in [0.25, 0.3) is 6.43 Å². The first kappa shape index (κ1) is 12.3. The maximum Gasteiger partial charge on any atom is 0.272 e. The maximum absolute atomic E-state index is 12.8. The quantitative estimate of drug-likeness (QED) is 0.920. The molecule has 3 atom stereocenters. The molecule has 1 N–H and O–H groups in total. The number of benzene rings is 1. The van der Waals surface area contributed by atoms with Gasteiger partial charge < -0.3 is 10.1 Å². The van der Waals surface area contributed by atoms with Crippen molar-refractivity contribution in [1.82, 2.24) is 5.32 Å². The number of nitrogens with one attached hydrogen (secondary N) is 1. The molecule has 1 saturated carbocycles. The molecule has 2 nitrogen and oxygen atoms in total. The van der Waals surface area contributed by atoms with Gasteiger partial charge in [0.2, 0.25) is 0 Å². The van der Waals surface area contributed by atoms with Crippen LogP contribution in [0.25, 0.3) is 0 Å². The molecule has 2 fully saturated rings. The van der Waals surface area contributed by atoms with Gasteiger partial charge in [-0.1, -0.05) is 18.9 Å². The summed E-state index contributed by atoms with van der Waals surface area (Å²) in [5.74, 6) is 0.810. The Morgan fingerprint density at radius 1 is 1.36 bits per heavy atom. The Morgan fingerprint density at radius 2 is 2.27 bits per heavy atom. The predicted molar refractivity (Wildman–Crippen MR) is 81.7 cm³/mol. The van der Waals surface area contributed by atoms with Gasteiger partial charge in [-0.15, -0.1) is 0 Å². The van der Waals surface area contributed by atoms with E-state index in [-0.39, 0.29) is 11.2 Å². The Balaban J connectivity index is 1.73. The topological polar surface area (TPSA) is 21.3 Å². The maximum atomic E-state index is 12.8. The number of halogens is 2. The number of fused-ring (bicyclic) bond motifs is 1. The largest absolute Gasteiger partial charge is 0.488 e. The zero-order valence-corrected chi connectivity index (χ0v) is 12.6. The van der Waals surface area contributed by atoms with Crippen molar-refractivity contribution >= 4 is 0 Å². The lowest BCUT2D eigenvalue weighted by Gasteiger charge is -2.56. The molecule has 0 unspecified atom stereocenters. The van der Waals surface area contributed by atoms with E-state index in [0.29, 0.717) is 12.0 Å². The third-order valence-electron chi connectivity index (χ3n) is 5.88. The molecule has 0 radical (unpaired) electrons. The molecule has 3 aliphatic rings. The molecule has 1 aromatic rings. The zero-order valence-electron chi connectivity index (χ0n) is 14.6. The van der Waals surface area contributed by atoms with E-state index < -0.39 is 13.0 Å². The monoisotopic (exact) mass is 309 g/mol. The third-order valence-corrected chi connectivity index (χ3v) is 5.88. The minimum absolute atomic E-state index is 0.110. The Morgan fingerprint density at radius 3 is 3.14 bits per heavy atom. The molecule has 4 rings (SSSR count). The van der Waals surface area contributed by atoms with Crippen molar-refractivity contribution < 1.29 is 16.3 Å². The van der Waals surface area contributed by atoms with Crippen molar-refractivity contribution in [3.05, 3.63) is 29.3 Å². The van der Waals surface area contributed by atoms with Crippen molar-refractivity contribution in [1.29, 1.82) is 0 Å². The van der Waals surface area contributed by atoms with E-state index in [2.05, 4.69) is 5.32 Å². The first-order valence-electron chi connectivity index (χ1n) is 9.26. The van der Waals surface area contributed by atoms with Gasteiger partial charge in [-0.3, -0.25) is 0 Å². The van der Waals surface area contributed by atoms with Crippen molar-refractivity contribution in [2.75, 3.05) is 13.1 Å². The molecule has 2 aliphatic carbocycles. The number of alkyl halides is 2. The van der Waals surface area contributed by atoms with Gasteiger partial charge in [0.05, 0.1) is 2.74 Å². The van der Waals surface area contributed by atoms with Gasteiger partial charge >= 0.3 is 0 Å². The van der Waals surface area contributed by atoms with Gasteiger partial charge in [0.1, 0.15) is 12.3 Å². The van der Waals surface area contributed by atoms with Crippen LogP contribution in [0.4, 0.5) is 8.78 Å². The Labute approximate surface area is 133 Å². The van der Waals surface area contributed by atoms with Crippen LogP contribution in [0.1, 0.15) is 46.0 Å². The van der Waals surface area contributed by atoms with Crippen LogP contribution in [-0.4, -0.2) is 25.6 Å². The van der Waals surface area contributed by atoms with Gasteiger partial charge in [0.15, 0.2) is 0 Å². The second-order valence-electron chi connectivity index (χ2n) is 6.86. The first-order chi connectivity index (χ1) is 11.4. The van der Waals surface area contributed by atoms with Crippen LogP contribution < -0.4 is 10.1 Å². The predicted octanol–water partition coefficient (Wildman–Crippen LogP) is 3.68. The minimum Gasteiger partial charge on any atom is -0.488 e. The Bertz CT molecular complexity index is 635. The average Bonchev–Trinajstić information content (AvgIpc) is 2.55. The summed E-state index contributed by atoms with van der Waals surface area (Å²) < 4.78 is 45.3. The molecule has 22 heavy (non-hydrogen) atoms. The number of hydrogen-bond acceptors (Lipinski definition) is 2. The van der Waals surface area contributed by atoms with E-state index >= 15 is 0 Å². The summed E-state index contributed by atoms with van der Waals surface area (Å²) in [5.41, 5.74) is 2.58. The Kier molecular flexibility index (Phi) is 3.06. The highest BCUT2D eigenvalue weighted by atomic mass is 19.3. The fourth-order valence-corrected chi connectivity index (χ4v) is 5.08. The van der Waals surface area contributed by atoms with E-state index in [0.717, 1.165) is 25.8 Å². The Hall–Kier alpha value is -1.16. The van der Waals surface area contributed by atoms with Crippen LogP contribution in [0, 0.1) is 5.92 Å². The van der Waals surface area contributed by atoms with Gasteiger partial charge in [0, 0.05) is 11.5 Å². The van der Waals surface area contributed by atoms with Crippen molar-refractivity contribution in [3.63, 3.8) is 0 Å². The van der Waals surface area contributed by atoms with E-state index in [1.165, 1.54) is 30.4 Å². The van der Waals surface area contributed by atoms with Crippen LogP contribution in [0.5, 0.6) is 5.75 Å². The normalized spacial score (nSPS) is 35.2. The van der Waals surface area contributed by atoms with Gasteiger partial charge in [-0.25, -0.2) is 8.78 Å². The molecular formula is C18H23F2NO. The minimum atomic E-state index is -3.17. The van der Waals surface area contributed by atoms with Crippen LogP contribution in [0.15, 0.2) is 18.2 Å². The number of rotatable bonds is 3. The van der Waals surface area contributed by atoms with E-state index in [9.17, 15) is 8.78 Å². The summed E-state index contributed by atoms with van der Waals surface area (Å²) >= 11 is 0. The SMILES string of the molecule is [2H]C([2H])(Oc1ccc2c(c1)[C@@]13CCCC[C@@H]1[C@H](C2)NCC3)C(F)F. The lowest BCUT2D eigenvalue weighted by Crippen LogP contribution is -2.59. The highest BCUT2D eigenvalue weighted by Crippen LogP contribution is 2.54. The van der Waals surface area contributed by atoms with Crippen molar-refractivity contribution in [2.24, 2.45) is 5.92 Å². The molecule has 0 spiro atoms. The van der Waals surface area contributed by atoms with Crippen LogP contribution in [0.3, 0.4) is 0 Å². The smallest absolute Gasteiger partial charge is 0.272 e. The number of hydrogen-bond donors (Lipinski definition) is 1. The summed E-state index contributed by atoms with van der Waals surface area (Å²) in [7, 11) is 0. The summed E-state index contributed by atoms with van der Waals surface area (Å²) in [6.07, 6.45) is 3.65. The molecule has 4 heteroatoms. The summed E-state index contributed by atoms with van der Waals surface area (Å²) in [6.45, 7) is -1.97. The third kappa shape index (κ3) is 2.23. The highest BCUT2D eigenvalue weighted by molar-refractivity contribution is 5.45. The highest BCUT2D eigenvalue weighted by Gasteiger charge is 2.51. The van der Waals surface area contributed by atoms with Crippen molar-refractivity contribution in [2.45, 2.75) is 56.4 Å². The van der Waals surface area contributed by atoms with Crippen molar-refractivity contribution in [3.8, 4) is 5.75 Å². The molecular weight excluding hydrogens is 284 g/mol. The second-order valence-corrected chi connectivity index (χ2v) is 6.86. The standard InChI is InChI=1S/C18H23F2NO/c19-17(20)11-22-13-5-4-12-9-16-14-3-1-2-6-18(14,7-8-21-16)15(12)10-13/h4-5,10,14,16-17,21H,1-3,6-9,11H2/t14-,16+,18-/m1/s1/i11D2. The second kappa shape index (κ2) is 5.48. The van der Waals surface area contributed by atoms with Gasteiger partial charge in [-0.2, -0.15) is 0 Å². The van der Waals surface area contributed by atoms with E-state index in [1.54, 1.807) is 6.07 Å². The number of piperidine rings is 1. The van der Waals surface area contributed by atoms with Gasteiger partial charge in [-0.05, 0) is 61.4 Å². The molecule has 0 amide bonds. The lowest BCUT2D eigenvalue weighted by atomic mass is 9.53. The molecule has 2 bridgehead atoms. The molecule has 120 valence electrons. The zero-order chi connectivity index (χ0) is 16.9. The summed E-state index contributed by atoms with van der Waals surface area (Å²) in [4.78, 5) is 0. The average molecular weight is 309 g/mol. The van der Waals surface area contributed by atoms with Crippen LogP contribution >= 0.6 is 0 Å². The lowest BCUT2D eigenvalue weighted by molar-refractivity contribution is 0.0757. The van der Waals surface area contributed by atoms with E-state index in [4.69, 9.17) is 7.48 Å². The molecule has 1 aliphatic heterocycles. The molecule has 1 saturated heterocycles. The van der Waals surface area contributed by atoms with Crippen LogP contribution in [0.2, 0.25) is 0 Å². The molecule has 0 aromatic heterocycles. The fraction of sp³-hybridized carbons (Fsp3) is 0.667. The van der Waals surface area contributed by atoms with Crippen LogP contribution in [-0.2, 0) is 11.8 Å². The summed E-state index contributed by atoms with van der Waals surface area (Å²) in [6, 6.07) is 5.92. The van der Waals surface area contributed by atoms with E-state index in [1.807, 2.05) is 12.1 Å². The number of ether oxygens (including phenoxy) is 1.